The second-order valence-electron chi connectivity index (χ2n) is 16.7. The number of esters is 2. The molecule has 3 N–H and O–H groups in total. The van der Waals surface area contributed by atoms with Crippen LogP contribution in [-0.2, 0) is 37.3 Å². The number of nitrogens with one attached hydrogen (secondary N) is 2. The van der Waals surface area contributed by atoms with Gasteiger partial charge in [0.05, 0.1) is 32.8 Å². The predicted octanol–water partition coefficient (Wildman–Crippen LogP) is 5.89. The Balaban J connectivity index is 1.31. The van der Waals surface area contributed by atoms with Gasteiger partial charge >= 0.3 is 11.9 Å². The van der Waals surface area contributed by atoms with E-state index in [9.17, 15) is 14.7 Å². The summed E-state index contributed by atoms with van der Waals surface area (Å²) in [4.78, 5) is 40.9. The Morgan fingerprint density at radius 2 is 1.75 bits per heavy atom. The van der Waals surface area contributed by atoms with E-state index in [0.29, 0.717) is 25.3 Å². The van der Waals surface area contributed by atoms with Gasteiger partial charge in [0.15, 0.2) is 0 Å². The zero-order valence-corrected chi connectivity index (χ0v) is 31.9. The number of nitrogens with zero attached hydrogens (tertiary/aromatic N) is 2. The molecule has 6 bridgehead atoms. The van der Waals surface area contributed by atoms with Crippen LogP contribution < -0.4 is 4.74 Å². The maximum absolute atomic E-state index is 14.4. The number of hydrogen-bond donors (Lipinski definition) is 3. The molecule has 10 heteroatoms. The highest BCUT2D eigenvalue weighted by Gasteiger charge is 2.65. The molecule has 10 nitrogen and oxygen atoms in total. The van der Waals surface area contributed by atoms with Gasteiger partial charge in [-0.15, -0.1) is 0 Å². The molecule has 11 unspecified atom stereocenters. The summed E-state index contributed by atoms with van der Waals surface area (Å²) in [7, 11) is 6.94. The van der Waals surface area contributed by atoms with Gasteiger partial charge in [0, 0.05) is 70.2 Å². The molecule has 1 saturated carbocycles. The van der Waals surface area contributed by atoms with Crippen LogP contribution in [0.15, 0.2) is 36.4 Å². The van der Waals surface area contributed by atoms with Gasteiger partial charge in [-0.1, -0.05) is 44.9 Å². The molecule has 4 fully saturated rings. The molecule has 53 heavy (non-hydrogen) atoms. The number of fused-ring (bicyclic) bond motifs is 9. The third-order valence-electron chi connectivity index (χ3n) is 14.7. The number of carbonyl (C=O) groups is 2. The third-order valence-corrected chi connectivity index (χ3v) is 14.7. The Labute approximate surface area is 311 Å². The fraction of sp³-hybridized carbons (Fsp3) is 0.581. The minimum absolute atomic E-state index is 0.0137. The van der Waals surface area contributed by atoms with Gasteiger partial charge in [0.2, 0.25) is 0 Å². The summed E-state index contributed by atoms with van der Waals surface area (Å²) >= 11 is 0. The van der Waals surface area contributed by atoms with Crippen molar-refractivity contribution in [2.75, 3.05) is 41.5 Å². The first-order valence-corrected chi connectivity index (χ1v) is 19.8. The molecule has 2 aromatic heterocycles. The number of H-pyrrole nitrogens is 2. The van der Waals surface area contributed by atoms with Gasteiger partial charge in [0.1, 0.15) is 17.4 Å². The van der Waals surface area contributed by atoms with Gasteiger partial charge in [0.25, 0.3) is 0 Å². The lowest BCUT2D eigenvalue weighted by atomic mass is 9.56. The van der Waals surface area contributed by atoms with Gasteiger partial charge in [-0.25, -0.2) is 0 Å². The van der Waals surface area contributed by atoms with Crippen LogP contribution in [0.1, 0.15) is 79.9 Å². The second kappa shape index (κ2) is 12.9. The Hall–Kier alpha value is -3.86. The molecule has 0 amide bonds. The number of ether oxygens (including phenoxy) is 3. The topological polar surface area (TPSA) is 120 Å². The molecule has 0 spiro atoms. The van der Waals surface area contributed by atoms with Gasteiger partial charge in [-0.05, 0) is 86.2 Å². The third kappa shape index (κ3) is 4.80. The van der Waals surface area contributed by atoms with Crippen molar-refractivity contribution in [2.45, 2.75) is 88.4 Å². The Kier molecular flexibility index (Phi) is 8.48. The van der Waals surface area contributed by atoms with E-state index >= 15 is 0 Å². The fourth-order valence-electron chi connectivity index (χ4n) is 12.5. The number of piperidine rings is 3. The van der Waals surface area contributed by atoms with E-state index in [4.69, 9.17) is 14.2 Å². The number of aliphatic hydroxyl groups excluding tert-OH is 1. The van der Waals surface area contributed by atoms with Crippen molar-refractivity contribution >= 4 is 33.7 Å². The molecule has 0 radical (unpaired) electrons. The van der Waals surface area contributed by atoms with Crippen LogP contribution in [0.2, 0.25) is 0 Å². The first-order chi connectivity index (χ1) is 25.7. The molecule has 2 aromatic carbocycles. The largest absolute Gasteiger partial charge is 0.496 e. The van der Waals surface area contributed by atoms with Crippen molar-refractivity contribution in [3.63, 3.8) is 0 Å². The van der Waals surface area contributed by atoms with E-state index < -0.39 is 11.6 Å². The SMILES string of the molecule is CCC1CN(C)C2Cc3c([nH]c4ccccc34)C(c3c(OC)ccc4c5c([nH]c34)C3(C(=O)OC)CC4CC(CC)C3N(CC5)C4O)CC1C2C(=O)OC. The molecule has 6 aliphatic rings. The first-order valence-electron chi connectivity index (χ1n) is 19.8. The summed E-state index contributed by atoms with van der Waals surface area (Å²) in [5.74, 6) is 0.665. The highest BCUT2D eigenvalue weighted by molar-refractivity contribution is 5.95. The number of aromatic amines is 2. The summed E-state index contributed by atoms with van der Waals surface area (Å²) in [5.41, 5.74) is 6.70. The van der Waals surface area contributed by atoms with E-state index in [1.807, 2.05) is 0 Å². The number of likely N-dealkylation sites (tertiary alicyclic amines) is 1. The average molecular weight is 723 g/mol. The quantitative estimate of drug-likeness (QED) is 0.211. The van der Waals surface area contributed by atoms with E-state index in [0.717, 1.165) is 77.6 Å². The minimum Gasteiger partial charge on any atom is -0.496 e. The molecule has 6 heterocycles. The zero-order chi connectivity index (χ0) is 36.9. The van der Waals surface area contributed by atoms with Crippen LogP contribution in [-0.4, -0.2) is 96.6 Å². The number of carbonyl (C=O) groups excluding carboxylic acids is 2. The Bertz CT molecular complexity index is 2090. The van der Waals surface area contributed by atoms with Crippen molar-refractivity contribution in [3.05, 3.63) is 64.5 Å². The summed E-state index contributed by atoms with van der Waals surface area (Å²) in [5, 5.41) is 13.8. The van der Waals surface area contributed by atoms with Crippen LogP contribution in [0, 0.1) is 29.6 Å². The normalized spacial score (nSPS) is 34.8. The average Bonchev–Trinajstić information content (AvgIpc) is 3.70. The lowest BCUT2D eigenvalue weighted by molar-refractivity contribution is -0.196. The summed E-state index contributed by atoms with van der Waals surface area (Å²) in [6.07, 6.45) is 4.97. The molecular weight excluding hydrogens is 668 g/mol. The molecule has 2 aliphatic carbocycles. The van der Waals surface area contributed by atoms with Gasteiger partial charge in [-0.3, -0.25) is 14.5 Å². The van der Waals surface area contributed by atoms with E-state index in [1.54, 1.807) is 7.11 Å². The van der Waals surface area contributed by atoms with Crippen LogP contribution in [0.4, 0.5) is 0 Å². The van der Waals surface area contributed by atoms with E-state index in [2.05, 4.69) is 77.1 Å². The van der Waals surface area contributed by atoms with E-state index in [-0.39, 0.29) is 53.6 Å². The smallest absolute Gasteiger partial charge is 0.319 e. The molecular formula is C43H54N4O6. The van der Waals surface area contributed by atoms with Crippen LogP contribution in [0.3, 0.4) is 0 Å². The molecule has 11 atom stereocenters. The predicted molar refractivity (Wildman–Crippen MR) is 203 cm³/mol. The first kappa shape index (κ1) is 34.9. The fourth-order valence-corrected chi connectivity index (χ4v) is 12.5. The van der Waals surface area contributed by atoms with Gasteiger partial charge < -0.3 is 34.2 Å². The number of likely N-dealkylation sites (N-methyl/N-ethyl adjacent to an activating group) is 1. The Morgan fingerprint density at radius 1 is 0.962 bits per heavy atom. The second-order valence-corrected chi connectivity index (χ2v) is 16.7. The number of rotatable bonds is 6. The zero-order valence-electron chi connectivity index (χ0n) is 31.9. The Morgan fingerprint density at radius 3 is 2.49 bits per heavy atom. The molecule has 4 aromatic rings. The molecule has 4 aliphatic heterocycles. The van der Waals surface area contributed by atoms with Crippen molar-refractivity contribution < 1.29 is 28.9 Å². The standard InChI is InChI=1S/C43H54N4O6/c1-7-22-17-24-20-43(42(50)53-6)38-27(15-16-47(39(22)43)40(24)48)26-13-14-33(51-4)35(37(26)45-38)30-18-28-23(8-2)21-46(3)32(34(28)41(49)52-5)19-29-25-11-9-10-12-31(25)44-36(29)30/h9-14,22-24,28,30,32,34,39-40,44-45,48H,7-8,15-21H2,1-6H3. The van der Waals surface area contributed by atoms with Crippen molar-refractivity contribution in [1.29, 1.82) is 0 Å². The number of methoxy groups -OCH3 is 3. The number of hydrogen-bond acceptors (Lipinski definition) is 8. The number of benzene rings is 2. The van der Waals surface area contributed by atoms with Crippen LogP contribution in [0.25, 0.3) is 21.8 Å². The number of aromatic nitrogens is 2. The van der Waals surface area contributed by atoms with Crippen LogP contribution >= 0.6 is 0 Å². The summed E-state index contributed by atoms with van der Waals surface area (Å²) in [6, 6.07) is 12.6. The summed E-state index contributed by atoms with van der Waals surface area (Å²) in [6.45, 7) is 6.04. The van der Waals surface area contributed by atoms with Crippen molar-refractivity contribution in [2.24, 2.45) is 29.6 Å². The van der Waals surface area contributed by atoms with Crippen molar-refractivity contribution in [3.8, 4) is 5.75 Å². The summed E-state index contributed by atoms with van der Waals surface area (Å²) < 4.78 is 17.6. The van der Waals surface area contributed by atoms with E-state index in [1.165, 1.54) is 30.9 Å². The lowest BCUT2D eigenvalue weighted by Gasteiger charge is -2.59. The minimum atomic E-state index is -0.926. The maximum Gasteiger partial charge on any atom is 0.319 e. The highest BCUT2D eigenvalue weighted by atomic mass is 16.5. The molecule has 3 saturated heterocycles. The highest BCUT2D eigenvalue weighted by Crippen LogP contribution is 2.58. The number of para-hydroxylation sites is 1. The number of aliphatic hydroxyl groups is 1. The van der Waals surface area contributed by atoms with Gasteiger partial charge in [-0.2, -0.15) is 0 Å². The monoisotopic (exact) mass is 722 g/mol. The lowest BCUT2D eigenvalue weighted by Crippen LogP contribution is -2.70. The van der Waals surface area contributed by atoms with Crippen LogP contribution in [0.5, 0.6) is 5.75 Å². The molecule has 282 valence electrons. The van der Waals surface area contributed by atoms with Crippen molar-refractivity contribution in [1.82, 2.24) is 19.8 Å². The maximum atomic E-state index is 14.4. The molecule has 10 rings (SSSR count).